The molecule has 17 heavy (non-hydrogen) atoms. The first kappa shape index (κ1) is 14.1. The van der Waals surface area contributed by atoms with Crippen molar-refractivity contribution in [2.45, 2.75) is 31.7 Å². The molecule has 1 heterocycles. The van der Waals surface area contributed by atoms with Gasteiger partial charge in [0, 0.05) is 31.2 Å². The lowest BCUT2D eigenvalue weighted by molar-refractivity contribution is 0.245. The van der Waals surface area contributed by atoms with Crippen molar-refractivity contribution in [2.75, 3.05) is 13.3 Å². The van der Waals surface area contributed by atoms with Gasteiger partial charge in [-0.15, -0.1) is 0 Å². The third-order valence-corrected chi connectivity index (χ3v) is 4.95. The highest BCUT2D eigenvalue weighted by Gasteiger charge is 2.25. The number of sulfone groups is 1. The fraction of sp³-hybridized carbons (Fsp3) is 0.583. The van der Waals surface area contributed by atoms with Gasteiger partial charge >= 0.3 is 0 Å². The Morgan fingerprint density at radius 3 is 2.53 bits per heavy atom. The third-order valence-electron chi connectivity index (χ3n) is 3.20. The summed E-state index contributed by atoms with van der Waals surface area (Å²) in [7, 11) is -1.07. The summed E-state index contributed by atoms with van der Waals surface area (Å²) in [6.07, 6.45) is 4.81. The Balaban J connectivity index is 2.68. The molecule has 0 fully saturated rings. The normalized spacial score (nSPS) is 15.8. The minimum atomic E-state index is -3.00. The Kier molecular flexibility index (Phi) is 4.65. The number of nitrogens with zero attached hydrogens (tertiary/aromatic N) is 2. The standard InChI is InChI=1S/C12H20N2O2S/c1-10(11(2)17(4,15)16)14(3)9-12-6-5-7-13-8-12/h5-8,10-11H,9H2,1-4H3/t10-,11-/m1/s1. The van der Waals surface area contributed by atoms with Gasteiger partial charge < -0.3 is 0 Å². The first-order valence-electron chi connectivity index (χ1n) is 5.60. The molecular formula is C12H20N2O2S. The maximum absolute atomic E-state index is 11.5. The van der Waals surface area contributed by atoms with Gasteiger partial charge in [0.1, 0.15) is 0 Å². The molecule has 0 saturated heterocycles. The van der Waals surface area contributed by atoms with E-state index in [9.17, 15) is 8.42 Å². The zero-order chi connectivity index (χ0) is 13.1. The van der Waals surface area contributed by atoms with E-state index in [0.29, 0.717) is 6.54 Å². The predicted molar refractivity (Wildman–Crippen MR) is 69.5 cm³/mol. The van der Waals surface area contributed by atoms with Crippen LogP contribution in [0.15, 0.2) is 24.5 Å². The van der Waals surface area contributed by atoms with Crippen molar-refractivity contribution in [3.05, 3.63) is 30.1 Å². The lowest BCUT2D eigenvalue weighted by atomic mass is 10.2. The van der Waals surface area contributed by atoms with E-state index >= 15 is 0 Å². The van der Waals surface area contributed by atoms with Crippen LogP contribution in [-0.4, -0.2) is 42.9 Å². The molecule has 4 nitrogen and oxygen atoms in total. The highest BCUT2D eigenvalue weighted by atomic mass is 32.2. The summed E-state index contributed by atoms with van der Waals surface area (Å²) in [6, 6.07) is 3.85. The molecule has 1 aromatic heterocycles. The zero-order valence-electron chi connectivity index (χ0n) is 10.8. The summed E-state index contributed by atoms with van der Waals surface area (Å²) in [5.41, 5.74) is 1.09. The van der Waals surface area contributed by atoms with Crippen LogP contribution in [0.4, 0.5) is 0 Å². The van der Waals surface area contributed by atoms with Gasteiger partial charge in [0.25, 0.3) is 0 Å². The van der Waals surface area contributed by atoms with Gasteiger partial charge in [-0.1, -0.05) is 6.07 Å². The minimum absolute atomic E-state index is 0.0230. The maximum Gasteiger partial charge on any atom is 0.151 e. The smallest absolute Gasteiger partial charge is 0.151 e. The highest BCUT2D eigenvalue weighted by molar-refractivity contribution is 7.91. The van der Waals surface area contributed by atoms with E-state index in [2.05, 4.69) is 4.98 Å². The summed E-state index contributed by atoms with van der Waals surface area (Å²) in [5, 5.41) is -0.371. The lowest BCUT2D eigenvalue weighted by Crippen LogP contribution is -2.40. The minimum Gasteiger partial charge on any atom is -0.298 e. The third kappa shape index (κ3) is 4.09. The number of pyridine rings is 1. The molecule has 2 atom stereocenters. The molecule has 0 aromatic carbocycles. The van der Waals surface area contributed by atoms with Crippen LogP contribution in [0, 0.1) is 0 Å². The molecule has 0 aliphatic carbocycles. The molecular weight excluding hydrogens is 236 g/mol. The monoisotopic (exact) mass is 256 g/mol. The SMILES string of the molecule is C[C@H]([C@@H](C)S(C)(=O)=O)N(C)Cc1cccnc1. The van der Waals surface area contributed by atoms with Crippen molar-refractivity contribution in [3.63, 3.8) is 0 Å². The summed E-state index contributed by atoms with van der Waals surface area (Å²) in [6.45, 7) is 4.39. The van der Waals surface area contributed by atoms with Crippen LogP contribution in [-0.2, 0) is 16.4 Å². The molecule has 5 heteroatoms. The molecule has 0 N–H and O–H groups in total. The second-order valence-electron chi connectivity index (χ2n) is 4.55. The van der Waals surface area contributed by atoms with Gasteiger partial charge in [-0.2, -0.15) is 0 Å². The Hall–Kier alpha value is -0.940. The van der Waals surface area contributed by atoms with E-state index in [1.54, 1.807) is 19.3 Å². The first-order chi connectivity index (χ1) is 7.82. The average molecular weight is 256 g/mol. The van der Waals surface area contributed by atoms with Crippen LogP contribution in [0.5, 0.6) is 0 Å². The summed E-state index contributed by atoms with van der Waals surface area (Å²) in [5.74, 6) is 0. The summed E-state index contributed by atoms with van der Waals surface area (Å²) in [4.78, 5) is 6.08. The average Bonchev–Trinajstić information content (AvgIpc) is 2.27. The lowest BCUT2D eigenvalue weighted by Gasteiger charge is -2.28. The van der Waals surface area contributed by atoms with Crippen LogP contribution < -0.4 is 0 Å². The molecule has 0 saturated carbocycles. The Morgan fingerprint density at radius 1 is 1.41 bits per heavy atom. The molecule has 0 bridgehead atoms. The van der Waals surface area contributed by atoms with E-state index in [1.165, 1.54) is 6.26 Å². The van der Waals surface area contributed by atoms with Crippen molar-refractivity contribution in [1.29, 1.82) is 0 Å². The predicted octanol–water partition coefficient (Wildman–Crippen LogP) is 1.33. The fourth-order valence-electron chi connectivity index (χ4n) is 1.64. The molecule has 96 valence electrons. The Bertz CT molecular complexity index is 445. The molecule has 0 aliphatic heterocycles. The van der Waals surface area contributed by atoms with Crippen molar-refractivity contribution >= 4 is 9.84 Å². The summed E-state index contributed by atoms with van der Waals surface area (Å²) < 4.78 is 23.0. The highest BCUT2D eigenvalue weighted by Crippen LogP contribution is 2.12. The number of hydrogen-bond acceptors (Lipinski definition) is 4. The number of rotatable bonds is 5. The molecule has 1 aromatic rings. The van der Waals surface area contributed by atoms with Crippen molar-refractivity contribution in [1.82, 2.24) is 9.88 Å². The molecule has 0 amide bonds. The van der Waals surface area contributed by atoms with Crippen molar-refractivity contribution in [2.24, 2.45) is 0 Å². The van der Waals surface area contributed by atoms with E-state index < -0.39 is 9.84 Å². The topological polar surface area (TPSA) is 50.3 Å². The van der Waals surface area contributed by atoms with Gasteiger partial charge in [-0.3, -0.25) is 9.88 Å². The maximum atomic E-state index is 11.5. The van der Waals surface area contributed by atoms with E-state index in [4.69, 9.17) is 0 Å². The zero-order valence-corrected chi connectivity index (χ0v) is 11.6. The van der Waals surface area contributed by atoms with Gasteiger partial charge in [0.05, 0.1) is 5.25 Å². The van der Waals surface area contributed by atoms with Gasteiger partial charge in [-0.05, 0) is 32.5 Å². The van der Waals surface area contributed by atoms with Crippen LogP contribution in [0.25, 0.3) is 0 Å². The largest absolute Gasteiger partial charge is 0.298 e. The van der Waals surface area contributed by atoms with Crippen LogP contribution in [0.2, 0.25) is 0 Å². The molecule has 0 aliphatic rings. The van der Waals surface area contributed by atoms with E-state index in [-0.39, 0.29) is 11.3 Å². The summed E-state index contributed by atoms with van der Waals surface area (Å²) >= 11 is 0. The van der Waals surface area contributed by atoms with Gasteiger partial charge in [-0.25, -0.2) is 8.42 Å². The van der Waals surface area contributed by atoms with Crippen molar-refractivity contribution < 1.29 is 8.42 Å². The molecule has 0 spiro atoms. The molecule has 0 radical (unpaired) electrons. The first-order valence-corrected chi connectivity index (χ1v) is 7.56. The Labute approximate surface area is 104 Å². The van der Waals surface area contributed by atoms with Crippen LogP contribution >= 0.6 is 0 Å². The quantitative estimate of drug-likeness (QED) is 0.797. The molecule has 1 rings (SSSR count). The molecule has 0 unspecified atom stereocenters. The second-order valence-corrected chi connectivity index (χ2v) is 6.95. The number of aromatic nitrogens is 1. The van der Waals surface area contributed by atoms with E-state index in [1.807, 2.05) is 31.0 Å². The second kappa shape index (κ2) is 5.60. The van der Waals surface area contributed by atoms with Crippen LogP contribution in [0.1, 0.15) is 19.4 Å². The number of hydrogen-bond donors (Lipinski definition) is 0. The fourth-order valence-corrected chi connectivity index (χ4v) is 2.56. The van der Waals surface area contributed by atoms with Gasteiger partial charge in [0.15, 0.2) is 9.84 Å². The van der Waals surface area contributed by atoms with Crippen molar-refractivity contribution in [3.8, 4) is 0 Å². The van der Waals surface area contributed by atoms with Gasteiger partial charge in [0.2, 0.25) is 0 Å². The Morgan fingerprint density at radius 2 is 2.06 bits per heavy atom. The van der Waals surface area contributed by atoms with Crippen LogP contribution in [0.3, 0.4) is 0 Å². The van der Waals surface area contributed by atoms with E-state index in [0.717, 1.165) is 5.56 Å².